The van der Waals surface area contributed by atoms with E-state index in [4.69, 9.17) is 32.7 Å². The Bertz CT molecular complexity index is 1370. The molecule has 6 nitrogen and oxygen atoms in total. The summed E-state index contributed by atoms with van der Waals surface area (Å²) in [5.41, 5.74) is 2.58. The molecule has 0 atom stereocenters. The Labute approximate surface area is 223 Å². The summed E-state index contributed by atoms with van der Waals surface area (Å²) in [6, 6.07) is 19.6. The fraction of sp³-hybridized carbons (Fsp3) is 0.148. The molecule has 1 aliphatic rings. The van der Waals surface area contributed by atoms with Crippen molar-refractivity contribution in [1.29, 1.82) is 0 Å². The van der Waals surface area contributed by atoms with Gasteiger partial charge in [-0.15, -0.1) is 0 Å². The Balaban J connectivity index is 1.54. The molecule has 1 fully saturated rings. The van der Waals surface area contributed by atoms with Gasteiger partial charge in [0.05, 0.1) is 32.8 Å². The van der Waals surface area contributed by atoms with E-state index in [0.29, 0.717) is 43.7 Å². The number of benzene rings is 3. The Morgan fingerprint density at radius 1 is 1.06 bits per heavy atom. The predicted octanol–water partition coefficient (Wildman–Crippen LogP) is 6.98. The fourth-order valence-electron chi connectivity index (χ4n) is 3.34. The molecule has 4 rings (SSSR count). The number of rotatable bonds is 7. The van der Waals surface area contributed by atoms with Crippen molar-refractivity contribution < 1.29 is 19.1 Å². The number of esters is 1. The monoisotopic (exact) mass is 540 g/mol. The van der Waals surface area contributed by atoms with E-state index in [1.54, 1.807) is 56.4 Å². The normalized spacial score (nSPS) is 15.6. The first kappa shape index (κ1) is 25.8. The molecule has 3 aromatic carbocycles. The highest BCUT2D eigenvalue weighted by Crippen LogP contribution is 2.35. The molecule has 0 N–H and O–H groups in total. The summed E-state index contributed by atoms with van der Waals surface area (Å²) in [6.07, 6.45) is 1.78. The number of para-hydroxylation sites is 1. The summed E-state index contributed by atoms with van der Waals surface area (Å²) in [7, 11) is 1.66. The van der Waals surface area contributed by atoms with Crippen LogP contribution in [0.4, 0.5) is 5.69 Å². The van der Waals surface area contributed by atoms with Crippen LogP contribution in [0.5, 0.6) is 5.75 Å². The van der Waals surface area contributed by atoms with Gasteiger partial charge in [-0.3, -0.25) is 9.69 Å². The lowest BCUT2D eigenvalue weighted by Gasteiger charge is -2.10. The number of amidine groups is 1. The molecule has 0 aliphatic carbocycles. The van der Waals surface area contributed by atoms with E-state index in [2.05, 4.69) is 4.99 Å². The molecule has 3 aromatic rings. The Kier molecular flexibility index (Phi) is 8.36. The maximum Gasteiger partial charge on any atom is 0.338 e. The van der Waals surface area contributed by atoms with Gasteiger partial charge in [-0.05, 0) is 66.7 Å². The lowest BCUT2D eigenvalue weighted by molar-refractivity contribution is -0.121. The van der Waals surface area contributed by atoms with E-state index >= 15 is 0 Å². The van der Waals surface area contributed by atoms with E-state index in [0.717, 1.165) is 11.1 Å². The lowest BCUT2D eigenvalue weighted by atomic mass is 10.1. The average Bonchev–Trinajstić information content (AvgIpc) is 3.13. The summed E-state index contributed by atoms with van der Waals surface area (Å²) < 4.78 is 11.1. The molecular weight excluding hydrogens is 519 g/mol. The number of aliphatic imine (C=N–C) groups is 1. The van der Waals surface area contributed by atoms with Gasteiger partial charge < -0.3 is 9.47 Å². The maximum atomic E-state index is 12.9. The molecule has 36 heavy (non-hydrogen) atoms. The number of hydrogen-bond donors (Lipinski definition) is 0. The van der Waals surface area contributed by atoms with Crippen molar-refractivity contribution in [2.45, 2.75) is 13.5 Å². The molecule has 1 amide bonds. The number of thioether (sulfide) groups is 1. The second kappa shape index (κ2) is 11.6. The lowest BCUT2D eigenvalue weighted by Crippen LogP contribution is -2.23. The molecule has 0 unspecified atom stereocenters. The van der Waals surface area contributed by atoms with Crippen LogP contribution in [0.2, 0.25) is 10.0 Å². The number of ether oxygens (including phenoxy) is 2. The minimum Gasteiger partial charge on any atom is -0.488 e. The van der Waals surface area contributed by atoms with Gasteiger partial charge in [0.15, 0.2) is 5.17 Å². The number of hydrogen-bond acceptors (Lipinski definition) is 6. The molecule has 0 bridgehead atoms. The minimum atomic E-state index is -0.416. The van der Waals surface area contributed by atoms with Crippen LogP contribution in [-0.2, 0) is 16.1 Å². The Morgan fingerprint density at radius 2 is 1.86 bits per heavy atom. The van der Waals surface area contributed by atoms with Crippen LogP contribution < -0.4 is 4.74 Å². The van der Waals surface area contributed by atoms with E-state index in [-0.39, 0.29) is 12.5 Å². The van der Waals surface area contributed by atoms with Gasteiger partial charge in [-0.25, -0.2) is 9.79 Å². The second-order valence-electron chi connectivity index (χ2n) is 7.71. The van der Waals surface area contributed by atoms with E-state index in [1.807, 2.05) is 30.3 Å². The molecular formula is C27H22Cl2N2O4S. The molecule has 0 spiro atoms. The van der Waals surface area contributed by atoms with Crippen LogP contribution in [0, 0.1) is 0 Å². The van der Waals surface area contributed by atoms with Crippen molar-refractivity contribution in [3.63, 3.8) is 0 Å². The van der Waals surface area contributed by atoms with Gasteiger partial charge in [-0.2, -0.15) is 0 Å². The van der Waals surface area contributed by atoms with Gasteiger partial charge in [-0.1, -0.05) is 53.5 Å². The molecule has 0 saturated carbocycles. The fourth-order valence-corrected chi connectivity index (χ4v) is 4.64. The van der Waals surface area contributed by atoms with Crippen molar-refractivity contribution in [3.05, 3.63) is 98.4 Å². The molecule has 9 heteroatoms. The van der Waals surface area contributed by atoms with Crippen LogP contribution in [0.15, 0.2) is 76.6 Å². The second-order valence-corrected chi connectivity index (χ2v) is 9.54. The zero-order valence-corrected chi connectivity index (χ0v) is 21.9. The van der Waals surface area contributed by atoms with Gasteiger partial charge in [0.1, 0.15) is 12.4 Å². The summed E-state index contributed by atoms with van der Waals surface area (Å²) >= 11 is 13.3. The van der Waals surface area contributed by atoms with Crippen LogP contribution in [0.25, 0.3) is 6.08 Å². The van der Waals surface area contributed by atoms with Gasteiger partial charge in [0.25, 0.3) is 5.91 Å². The van der Waals surface area contributed by atoms with Crippen LogP contribution in [0.1, 0.15) is 28.4 Å². The van der Waals surface area contributed by atoms with Crippen LogP contribution in [0.3, 0.4) is 0 Å². The Morgan fingerprint density at radius 3 is 2.64 bits per heavy atom. The molecule has 0 radical (unpaired) electrons. The quantitative estimate of drug-likeness (QED) is 0.238. The van der Waals surface area contributed by atoms with Gasteiger partial charge in [0, 0.05) is 12.6 Å². The first-order valence-corrected chi connectivity index (χ1v) is 12.6. The molecule has 0 aromatic heterocycles. The highest BCUT2D eigenvalue weighted by atomic mass is 35.5. The van der Waals surface area contributed by atoms with Crippen LogP contribution >= 0.6 is 35.0 Å². The van der Waals surface area contributed by atoms with Crippen molar-refractivity contribution in [1.82, 2.24) is 4.90 Å². The minimum absolute atomic E-state index is 0.181. The maximum absolute atomic E-state index is 12.9. The smallest absolute Gasteiger partial charge is 0.338 e. The summed E-state index contributed by atoms with van der Waals surface area (Å²) in [4.78, 5) is 31.5. The largest absolute Gasteiger partial charge is 0.488 e. The third-order valence-corrected chi connectivity index (χ3v) is 6.97. The molecule has 1 heterocycles. The number of carbonyl (C=O) groups excluding carboxylic acids is 2. The molecule has 1 aliphatic heterocycles. The van der Waals surface area contributed by atoms with Gasteiger partial charge in [0.2, 0.25) is 0 Å². The van der Waals surface area contributed by atoms with E-state index < -0.39 is 5.97 Å². The molecule has 184 valence electrons. The number of halogens is 2. The third kappa shape index (κ3) is 6.10. The van der Waals surface area contributed by atoms with Crippen molar-refractivity contribution >= 4 is 63.8 Å². The van der Waals surface area contributed by atoms with Crippen molar-refractivity contribution in [3.8, 4) is 5.75 Å². The van der Waals surface area contributed by atoms with Gasteiger partial charge >= 0.3 is 5.97 Å². The zero-order valence-electron chi connectivity index (χ0n) is 19.5. The predicted molar refractivity (Wildman–Crippen MR) is 145 cm³/mol. The third-order valence-electron chi connectivity index (χ3n) is 5.17. The number of likely N-dealkylation sites (N-methyl/N-ethyl adjacent to an activating group) is 1. The Hall–Kier alpha value is -3.26. The first-order chi connectivity index (χ1) is 17.4. The average molecular weight is 541 g/mol. The number of carbonyl (C=O) groups is 2. The topological polar surface area (TPSA) is 68.2 Å². The van der Waals surface area contributed by atoms with Crippen molar-refractivity contribution in [2.75, 3.05) is 13.7 Å². The van der Waals surface area contributed by atoms with E-state index in [1.165, 1.54) is 16.7 Å². The highest BCUT2D eigenvalue weighted by Gasteiger charge is 2.30. The summed E-state index contributed by atoms with van der Waals surface area (Å²) in [5.74, 6) is 0.0281. The number of nitrogens with zero attached hydrogens (tertiary/aromatic N) is 2. The summed E-state index contributed by atoms with van der Waals surface area (Å²) in [6.45, 7) is 2.33. The molecule has 1 saturated heterocycles. The van der Waals surface area contributed by atoms with E-state index in [9.17, 15) is 9.59 Å². The van der Waals surface area contributed by atoms with Crippen molar-refractivity contribution in [2.24, 2.45) is 4.99 Å². The number of amides is 1. The standard InChI is InChI=1S/C27H22Cl2N2O4S/c1-3-34-26(33)19-8-6-9-20(14-19)30-27-31(2)25(32)24(36-27)15-18-7-4-5-10-23(18)35-16-17-11-12-21(28)22(29)13-17/h4-15H,3,16H2,1-2H3. The zero-order chi connectivity index (χ0) is 25.7. The first-order valence-electron chi connectivity index (χ1n) is 11.0. The van der Waals surface area contributed by atoms with Crippen LogP contribution in [-0.4, -0.2) is 35.6 Å². The SMILES string of the molecule is CCOC(=O)c1cccc(N=C2SC(=Cc3ccccc3OCc3ccc(Cl)c(Cl)c3)C(=O)N2C)c1. The highest BCUT2D eigenvalue weighted by molar-refractivity contribution is 8.18. The summed E-state index contributed by atoms with van der Waals surface area (Å²) in [5, 5.41) is 1.45.